The van der Waals surface area contributed by atoms with Crippen molar-refractivity contribution in [2.45, 2.75) is 13.8 Å². The van der Waals surface area contributed by atoms with Gasteiger partial charge < -0.3 is 5.11 Å². The number of phenols is 1. The summed E-state index contributed by atoms with van der Waals surface area (Å²) in [6, 6.07) is 8.90. The first-order chi connectivity index (χ1) is 9.00. The summed E-state index contributed by atoms with van der Waals surface area (Å²) in [5, 5.41) is 11.2. The molecule has 0 unspecified atom stereocenters. The molecule has 2 rings (SSSR count). The molecule has 0 spiro atoms. The SMILES string of the molecule is Cc1cc(O)c(C=Nc2ccccc2Cl)c(C)c1Cl. The molecule has 0 heterocycles. The Kier molecular flexibility index (Phi) is 4.13. The van der Waals surface area contributed by atoms with E-state index in [9.17, 15) is 5.11 Å². The van der Waals surface area contributed by atoms with Crippen molar-refractivity contribution < 1.29 is 5.11 Å². The van der Waals surface area contributed by atoms with E-state index in [0.717, 1.165) is 11.1 Å². The third kappa shape index (κ3) is 2.91. The maximum Gasteiger partial charge on any atom is 0.124 e. The Bertz CT molecular complexity index is 651. The number of hydrogen-bond donors (Lipinski definition) is 1. The van der Waals surface area contributed by atoms with Crippen molar-refractivity contribution >= 4 is 35.1 Å². The fourth-order valence-electron chi connectivity index (χ4n) is 1.81. The van der Waals surface area contributed by atoms with Gasteiger partial charge in [-0.2, -0.15) is 0 Å². The lowest BCUT2D eigenvalue weighted by Gasteiger charge is -2.08. The van der Waals surface area contributed by atoms with E-state index in [2.05, 4.69) is 4.99 Å². The molecular weight excluding hydrogens is 281 g/mol. The Morgan fingerprint density at radius 2 is 1.84 bits per heavy atom. The van der Waals surface area contributed by atoms with Crippen LogP contribution in [0.4, 0.5) is 5.69 Å². The summed E-state index contributed by atoms with van der Waals surface area (Å²) in [7, 11) is 0. The molecule has 0 atom stereocenters. The van der Waals surface area contributed by atoms with E-state index in [1.165, 1.54) is 0 Å². The van der Waals surface area contributed by atoms with E-state index < -0.39 is 0 Å². The van der Waals surface area contributed by atoms with E-state index in [1.807, 2.05) is 26.0 Å². The maximum atomic E-state index is 9.96. The number of aryl methyl sites for hydroxylation is 1. The second-order valence-corrected chi connectivity index (χ2v) is 5.06. The summed E-state index contributed by atoms with van der Waals surface area (Å²) in [4.78, 5) is 4.29. The predicted molar refractivity (Wildman–Crippen MR) is 81.3 cm³/mol. The summed E-state index contributed by atoms with van der Waals surface area (Å²) in [5.74, 6) is 0.162. The average Bonchev–Trinajstić information content (AvgIpc) is 2.38. The van der Waals surface area contributed by atoms with Crippen molar-refractivity contribution in [3.8, 4) is 5.75 Å². The second kappa shape index (κ2) is 5.64. The lowest BCUT2D eigenvalue weighted by atomic mass is 10.0. The number of hydrogen-bond acceptors (Lipinski definition) is 2. The van der Waals surface area contributed by atoms with Gasteiger partial charge in [-0.05, 0) is 43.2 Å². The van der Waals surface area contributed by atoms with Crippen LogP contribution >= 0.6 is 23.2 Å². The monoisotopic (exact) mass is 293 g/mol. The molecule has 0 aliphatic rings. The first-order valence-electron chi connectivity index (χ1n) is 5.78. The number of para-hydroxylation sites is 1. The van der Waals surface area contributed by atoms with Crippen LogP contribution in [0.2, 0.25) is 10.0 Å². The van der Waals surface area contributed by atoms with Crippen molar-refractivity contribution in [3.05, 3.63) is 57.1 Å². The topological polar surface area (TPSA) is 32.6 Å². The van der Waals surface area contributed by atoms with Crippen LogP contribution in [-0.4, -0.2) is 11.3 Å². The molecule has 0 radical (unpaired) electrons. The fourth-order valence-corrected chi connectivity index (χ4v) is 2.15. The number of aliphatic imine (C=N–C) groups is 1. The van der Waals surface area contributed by atoms with Crippen molar-refractivity contribution in [1.82, 2.24) is 0 Å². The summed E-state index contributed by atoms with van der Waals surface area (Å²) in [6.07, 6.45) is 1.58. The van der Waals surface area contributed by atoms with Crippen molar-refractivity contribution in [2.24, 2.45) is 4.99 Å². The minimum atomic E-state index is 0.162. The number of halogens is 2. The fraction of sp³-hybridized carbons (Fsp3) is 0.133. The second-order valence-electron chi connectivity index (χ2n) is 4.27. The summed E-state index contributed by atoms with van der Waals surface area (Å²) in [5.41, 5.74) is 2.90. The Labute approximate surface area is 122 Å². The molecule has 0 saturated heterocycles. The van der Waals surface area contributed by atoms with Gasteiger partial charge in [-0.1, -0.05) is 35.3 Å². The van der Waals surface area contributed by atoms with Crippen LogP contribution in [0.1, 0.15) is 16.7 Å². The van der Waals surface area contributed by atoms with Gasteiger partial charge in [0.15, 0.2) is 0 Å². The minimum Gasteiger partial charge on any atom is -0.507 e. The van der Waals surface area contributed by atoms with Gasteiger partial charge in [0.2, 0.25) is 0 Å². The number of phenolic OH excluding ortho intramolecular Hbond substituents is 1. The van der Waals surface area contributed by atoms with E-state index in [4.69, 9.17) is 23.2 Å². The van der Waals surface area contributed by atoms with Gasteiger partial charge in [-0.3, -0.25) is 4.99 Å². The highest BCUT2D eigenvalue weighted by Crippen LogP contribution is 2.30. The molecule has 19 heavy (non-hydrogen) atoms. The molecular formula is C15H13Cl2NO. The third-order valence-electron chi connectivity index (χ3n) is 2.89. The summed E-state index contributed by atoms with van der Waals surface area (Å²) >= 11 is 12.2. The van der Waals surface area contributed by atoms with E-state index in [0.29, 0.717) is 21.3 Å². The zero-order chi connectivity index (χ0) is 14.0. The van der Waals surface area contributed by atoms with Gasteiger partial charge >= 0.3 is 0 Å². The molecule has 0 aromatic heterocycles. The molecule has 0 amide bonds. The molecule has 2 aromatic carbocycles. The Morgan fingerprint density at radius 1 is 1.16 bits per heavy atom. The van der Waals surface area contributed by atoms with Crippen molar-refractivity contribution in [3.63, 3.8) is 0 Å². The zero-order valence-electron chi connectivity index (χ0n) is 10.6. The predicted octanol–water partition coefficient (Wildman–Crippen LogP) is 5.07. The standard InChI is InChI=1S/C15H13Cl2NO/c1-9-7-14(19)11(10(2)15(9)17)8-18-13-6-4-3-5-12(13)16/h3-8,19H,1-2H3. The van der Waals surface area contributed by atoms with Gasteiger partial charge in [0.1, 0.15) is 5.75 Å². The normalized spacial score (nSPS) is 11.2. The van der Waals surface area contributed by atoms with Crippen LogP contribution in [-0.2, 0) is 0 Å². The van der Waals surface area contributed by atoms with Crippen molar-refractivity contribution in [2.75, 3.05) is 0 Å². The van der Waals surface area contributed by atoms with Crippen molar-refractivity contribution in [1.29, 1.82) is 0 Å². The van der Waals surface area contributed by atoms with Crippen LogP contribution in [0, 0.1) is 13.8 Å². The van der Waals surface area contributed by atoms with E-state index >= 15 is 0 Å². The average molecular weight is 294 g/mol. The van der Waals surface area contributed by atoms with Crippen LogP contribution < -0.4 is 0 Å². The first kappa shape index (κ1) is 13.9. The van der Waals surface area contributed by atoms with Gasteiger partial charge in [0.05, 0.1) is 10.7 Å². The van der Waals surface area contributed by atoms with E-state index in [1.54, 1.807) is 24.4 Å². The first-order valence-corrected chi connectivity index (χ1v) is 6.53. The molecule has 0 fully saturated rings. The molecule has 0 aliphatic heterocycles. The minimum absolute atomic E-state index is 0.162. The Morgan fingerprint density at radius 3 is 2.53 bits per heavy atom. The zero-order valence-corrected chi connectivity index (χ0v) is 12.1. The largest absolute Gasteiger partial charge is 0.507 e. The van der Waals surface area contributed by atoms with Gasteiger partial charge in [0.25, 0.3) is 0 Å². The number of benzene rings is 2. The van der Waals surface area contributed by atoms with Crippen LogP contribution in [0.3, 0.4) is 0 Å². The van der Waals surface area contributed by atoms with Crippen LogP contribution in [0.25, 0.3) is 0 Å². The lowest BCUT2D eigenvalue weighted by molar-refractivity contribution is 0.473. The molecule has 2 aromatic rings. The molecule has 0 aliphatic carbocycles. The van der Waals surface area contributed by atoms with Gasteiger partial charge in [-0.25, -0.2) is 0 Å². The number of rotatable bonds is 2. The van der Waals surface area contributed by atoms with Gasteiger partial charge in [-0.15, -0.1) is 0 Å². The molecule has 4 heteroatoms. The third-order valence-corrected chi connectivity index (χ3v) is 3.80. The van der Waals surface area contributed by atoms with Crippen LogP contribution in [0.15, 0.2) is 35.3 Å². The molecule has 0 saturated carbocycles. The van der Waals surface area contributed by atoms with Crippen LogP contribution in [0.5, 0.6) is 5.75 Å². The highest BCUT2D eigenvalue weighted by molar-refractivity contribution is 6.33. The number of aromatic hydroxyl groups is 1. The smallest absolute Gasteiger partial charge is 0.124 e. The highest BCUT2D eigenvalue weighted by atomic mass is 35.5. The molecule has 98 valence electrons. The molecule has 1 N–H and O–H groups in total. The van der Waals surface area contributed by atoms with E-state index in [-0.39, 0.29) is 5.75 Å². The Hall–Kier alpha value is -1.51. The van der Waals surface area contributed by atoms with Gasteiger partial charge in [0, 0.05) is 16.8 Å². The number of nitrogens with zero attached hydrogens (tertiary/aromatic N) is 1. The molecule has 0 bridgehead atoms. The Balaban J connectivity index is 2.45. The maximum absolute atomic E-state index is 9.96. The summed E-state index contributed by atoms with van der Waals surface area (Å²) in [6.45, 7) is 3.70. The summed E-state index contributed by atoms with van der Waals surface area (Å²) < 4.78 is 0. The quantitative estimate of drug-likeness (QED) is 0.771. The highest BCUT2D eigenvalue weighted by Gasteiger charge is 2.09. The lowest BCUT2D eigenvalue weighted by Crippen LogP contribution is -1.92. The molecule has 2 nitrogen and oxygen atoms in total.